The van der Waals surface area contributed by atoms with Crippen molar-refractivity contribution in [3.8, 4) is 0 Å². The van der Waals surface area contributed by atoms with Crippen LogP contribution in [0.25, 0.3) is 0 Å². The van der Waals surface area contributed by atoms with E-state index in [0.29, 0.717) is 12.1 Å². The van der Waals surface area contributed by atoms with Gasteiger partial charge < -0.3 is 15.1 Å². The minimum Gasteiger partial charge on any atom is -0.355 e. The first-order valence-corrected chi connectivity index (χ1v) is 10.5. The number of hydrogen-bond acceptors (Lipinski definition) is 4. The standard InChI is InChI=1S/C21H23BrN4O2/c22-17-4-1-3-16(13-17)21(28)26-10-2-9-25(11-12-26)19-8-7-18(14-23-19)24-20(27)15-5-6-15/h1,3-4,7-8,13-15H,2,5-6,9-12H2,(H,24,27). The van der Waals surface area contributed by atoms with Crippen molar-refractivity contribution in [3.63, 3.8) is 0 Å². The third-order valence-corrected chi connectivity index (χ3v) is 5.64. The van der Waals surface area contributed by atoms with Crippen molar-refractivity contribution in [1.29, 1.82) is 0 Å². The van der Waals surface area contributed by atoms with Gasteiger partial charge in [-0.05, 0) is 49.6 Å². The highest BCUT2D eigenvalue weighted by molar-refractivity contribution is 9.10. The normalized spacial score (nSPS) is 17.2. The summed E-state index contributed by atoms with van der Waals surface area (Å²) in [5, 5.41) is 2.91. The van der Waals surface area contributed by atoms with Gasteiger partial charge in [-0.3, -0.25) is 9.59 Å². The number of aromatic nitrogens is 1. The summed E-state index contributed by atoms with van der Waals surface area (Å²) in [4.78, 5) is 33.3. The summed E-state index contributed by atoms with van der Waals surface area (Å²) < 4.78 is 0.910. The minimum absolute atomic E-state index is 0.0641. The van der Waals surface area contributed by atoms with Gasteiger partial charge >= 0.3 is 0 Å². The van der Waals surface area contributed by atoms with Crippen LogP contribution in [0, 0.1) is 5.92 Å². The molecule has 1 N–H and O–H groups in total. The van der Waals surface area contributed by atoms with Crippen molar-refractivity contribution in [2.45, 2.75) is 19.3 Å². The van der Waals surface area contributed by atoms with Crippen LogP contribution in [0.5, 0.6) is 0 Å². The number of carbonyl (C=O) groups excluding carboxylic acids is 2. The third kappa shape index (κ3) is 4.52. The fraction of sp³-hybridized carbons (Fsp3) is 0.381. The molecule has 0 unspecified atom stereocenters. The van der Waals surface area contributed by atoms with Crippen LogP contribution in [0.15, 0.2) is 47.1 Å². The summed E-state index contributed by atoms with van der Waals surface area (Å²) in [7, 11) is 0. The SMILES string of the molecule is O=C(Nc1ccc(N2CCCN(C(=O)c3cccc(Br)c3)CC2)nc1)C1CC1. The fourth-order valence-electron chi connectivity index (χ4n) is 3.39. The molecule has 0 spiro atoms. The molecule has 1 aliphatic carbocycles. The molecular weight excluding hydrogens is 420 g/mol. The third-order valence-electron chi connectivity index (χ3n) is 5.14. The molecule has 2 amide bonds. The van der Waals surface area contributed by atoms with E-state index in [4.69, 9.17) is 0 Å². The maximum atomic E-state index is 12.8. The maximum absolute atomic E-state index is 12.8. The molecule has 1 aromatic carbocycles. The number of rotatable bonds is 4. The Labute approximate surface area is 173 Å². The van der Waals surface area contributed by atoms with Crippen LogP contribution in [-0.2, 0) is 4.79 Å². The Hall–Kier alpha value is -2.41. The minimum atomic E-state index is 0.0641. The van der Waals surface area contributed by atoms with E-state index in [1.807, 2.05) is 41.3 Å². The number of nitrogens with one attached hydrogen (secondary N) is 1. The van der Waals surface area contributed by atoms with Gasteiger partial charge in [-0.15, -0.1) is 0 Å². The van der Waals surface area contributed by atoms with Gasteiger partial charge in [-0.1, -0.05) is 22.0 Å². The summed E-state index contributed by atoms with van der Waals surface area (Å²) in [6.45, 7) is 2.98. The van der Waals surface area contributed by atoms with Gasteiger partial charge in [-0.25, -0.2) is 4.98 Å². The molecule has 2 aromatic rings. The zero-order valence-electron chi connectivity index (χ0n) is 15.6. The molecule has 146 valence electrons. The molecule has 7 heteroatoms. The van der Waals surface area contributed by atoms with Crippen LogP contribution >= 0.6 is 15.9 Å². The predicted octanol–water partition coefficient (Wildman–Crippen LogP) is 3.55. The number of pyridine rings is 1. The molecule has 1 saturated heterocycles. The molecule has 2 heterocycles. The van der Waals surface area contributed by atoms with Gasteiger partial charge in [0.2, 0.25) is 5.91 Å². The number of halogens is 1. The Morgan fingerprint density at radius 2 is 1.93 bits per heavy atom. The van der Waals surface area contributed by atoms with Crippen molar-refractivity contribution in [3.05, 3.63) is 52.6 Å². The van der Waals surface area contributed by atoms with E-state index in [1.54, 1.807) is 6.20 Å². The number of benzene rings is 1. The Morgan fingerprint density at radius 1 is 1.07 bits per heavy atom. The summed E-state index contributed by atoms with van der Waals surface area (Å²) in [5.41, 5.74) is 1.44. The maximum Gasteiger partial charge on any atom is 0.253 e. The van der Waals surface area contributed by atoms with Gasteiger partial charge in [0.05, 0.1) is 11.9 Å². The smallest absolute Gasteiger partial charge is 0.253 e. The lowest BCUT2D eigenvalue weighted by molar-refractivity contribution is -0.117. The quantitative estimate of drug-likeness (QED) is 0.785. The van der Waals surface area contributed by atoms with Gasteiger partial charge in [0.15, 0.2) is 0 Å². The Bertz CT molecular complexity index is 867. The van der Waals surface area contributed by atoms with E-state index in [0.717, 1.165) is 54.9 Å². The van der Waals surface area contributed by atoms with Crippen LogP contribution in [0.2, 0.25) is 0 Å². The lowest BCUT2D eigenvalue weighted by atomic mass is 10.2. The highest BCUT2D eigenvalue weighted by Gasteiger charge is 2.29. The second-order valence-electron chi connectivity index (χ2n) is 7.31. The second-order valence-corrected chi connectivity index (χ2v) is 8.23. The molecule has 1 saturated carbocycles. The number of carbonyl (C=O) groups is 2. The molecule has 28 heavy (non-hydrogen) atoms. The number of nitrogens with zero attached hydrogens (tertiary/aromatic N) is 3. The molecule has 0 atom stereocenters. The van der Waals surface area contributed by atoms with E-state index in [2.05, 4.69) is 31.1 Å². The van der Waals surface area contributed by atoms with E-state index < -0.39 is 0 Å². The lowest BCUT2D eigenvalue weighted by Crippen LogP contribution is -2.35. The molecule has 1 aliphatic heterocycles. The molecule has 0 radical (unpaired) electrons. The number of hydrogen-bond donors (Lipinski definition) is 1. The zero-order valence-corrected chi connectivity index (χ0v) is 17.2. The van der Waals surface area contributed by atoms with Crippen molar-refractivity contribution in [1.82, 2.24) is 9.88 Å². The average molecular weight is 443 g/mol. The monoisotopic (exact) mass is 442 g/mol. The Morgan fingerprint density at radius 3 is 2.64 bits per heavy atom. The van der Waals surface area contributed by atoms with Gasteiger partial charge in [0.1, 0.15) is 5.82 Å². The van der Waals surface area contributed by atoms with Gasteiger partial charge in [0, 0.05) is 42.1 Å². The molecular formula is C21H23BrN4O2. The van der Waals surface area contributed by atoms with Crippen molar-refractivity contribution in [2.75, 3.05) is 36.4 Å². The van der Waals surface area contributed by atoms with Crippen LogP contribution in [0.1, 0.15) is 29.6 Å². The highest BCUT2D eigenvalue weighted by Crippen LogP contribution is 2.30. The van der Waals surface area contributed by atoms with E-state index in [-0.39, 0.29) is 17.7 Å². The molecule has 4 rings (SSSR count). The lowest BCUT2D eigenvalue weighted by Gasteiger charge is -2.23. The fourth-order valence-corrected chi connectivity index (χ4v) is 3.79. The van der Waals surface area contributed by atoms with Crippen LogP contribution in [0.4, 0.5) is 11.5 Å². The van der Waals surface area contributed by atoms with Crippen LogP contribution in [0.3, 0.4) is 0 Å². The Balaban J connectivity index is 1.37. The first-order chi connectivity index (χ1) is 13.6. The zero-order chi connectivity index (χ0) is 19.5. The molecule has 2 aliphatic rings. The largest absolute Gasteiger partial charge is 0.355 e. The van der Waals surface area contributed by atoms with Crippen molar-refractivity contribution < 1.29 is 9.59 Å². The Kier molecular flexibility index (Phi) is 5.62. The number of anilines is 2. The van der Waals surface area contributed by atoms with Crippen molar-refractivity contribution >= 4 is 39.2 Å². The summed E-state index contributed by atoms with van der Waals surface area (Å²) >= 11 is 3.43. The molecule has 6 nitrogen and oxygen atoms in total. The van der Waals surface area contributed by atoms with Crippen LogP contribution < -0.4 is 10.2 Å². The predicted molar refractivity (Wildman–Crippen MR) is 112 cm³/mol. The molecule has 2 fully saturated rings. The first-order valence-electron chi connectivity index (χ1n) is 9.67. The van der Waals surface area contributed by atoms with Gasteiger partial charge in [0.25, 0.3) is 5.91 Å². The molecule has 0 bridgehead atoms. The van der Waals surface area contributed by atoms with E-state index in [1.165, 1.54) is 0 Å². The summed E-state index contributed by atoms with van der Waals surface area (Å²) in [6, 6.07) is 11.4. The van der Waals surface area contributed by atoms with E-state index in [9.17, 15) is 9.59 Å². The summed E-state index contributed by atoms with van der Waals surface area (Å²) in [5.74, 6) is 1.21. The summed E-state index contributed by atoms with van der Waals surface area (Å²) in [6.07, 6.45) is 4.58. The van der Waals surface area contributed by atoms with Gasteiger partial charge in [-0.2, -0.15) is 0 Å². The van der Waals surface area contributed by atoms with Crippen LogP contribution in [-0.4, -0.2) is 47.9 Å². The average Bonchev–Trinajstić information content (AvgIpc) is 3.55. The number of amides is 2. The second kappa shape index (κ2) is 8.31. The molecule has 1 aromatic heterocycles. The topological polar surface area (TPSA) is 65.5 Å². The van der Waals surface area contributed by atoms with Crippen molar-refractivity contribution in [2.24, 2.45) is 5.92 Å². The first kappa shape index (κ1) is 18.9. The highest BCUT2D eigenvalue weighted by atomic mass is 79.9. The van der Waals surface area contributed by atoms with E-state index >= 15 is 0 Å².